The molecular weight excluding hydrogens is 333 g/mol. The van der Waals surface area contributed by atoms with Crippen molar-refractivity contribution < 1.29 is 42.7 Å². The minimum absolute atomic E-state index is 0.124. The number of likely N-dealkylation sites (N-methyl/N-ethyl adjacent to an activating group) is 1. The maximum absolute atomic E-state index is 11.2. The first kappa shape index (κ1) is 18.0. The van der Waals surface area contributed by atoms with Crippen LogP contribution in [0.5, 0.6) is 0 Å². The Balaban J connectivity index is 0. The molecule has 5 nitrogen and oxygen atoms in total. The lowest BCUT2D eigenvalue weighted by Crippen LogP contribution is -3.77. The van der Waals surface area contributed by atoms with Gasteiger partial charge in [0.1, 0.15) is 6.54 Å². The van der Waals surface area contributed by atoms with Crippen molar-refractivity contribution in [3.8, 4) is 0 Å². The van der Waals surface area contributed by atoms with E-state index in [0.717, 1.165) is 6.42 Å². The topological polar surface area (TPSA) is 83.4 Å². The Bertz CT molecular complexity index is 169. The fraction of sp³-hybridized carbons (Fsp3) is 0.875. The Morgan fingerprint density at radius 2 is 1.93 bits per heavy atom. The summed E-state index contributed by atoms with van der Waals surface area (Å²) in [6, 6.07) is 0. The Morgan fingerprint density at radius 3 is 2.27 bits per heavy atom. The lowest BCUT2D eigenvalue weighted by atomic mass is 10.4. The number of aliphatic hydroxyl groups is 1. The molecule has 0 bridgehead atoms. The van der Waals surface area contributed by atoms with Crippen LogP contribution in [0.15, 0.2) is 0 Å². The maximum Gasteiger partial charge on any atom is 0.246 e. The van der Waals surface area contributed by atoms with Gasteiger partial charge in [0.15, 0.2) is 34.0 Å². The van der Waals surface area contributed by atoms with Crippen LogP contribution in [0.3, 0.4) is 0 Å². The van der Waals surface area contributed by atoms with Crippen molar-refractivity contribution in [2.45, 2.75) is 19.8 Å². The van der Waals surface area contributed by atoms with E-state index < -0.39 is 22.0 Å². The maximum atomic E-state index is 11.2. The zero-order valence-corrected chi connectivity index (χ0v) is 12.2. The number of aliphatic hydroxyl groups excluding tert-OH is 1. The number of quaternary nitrogens is 1. The fourth-order valence-electron chi connectivity index (χ4n) is 0.812. The third-order valence-corrected chi connectivity index (χ3v) is 2.53. The number of nitrogens with zero attached hydrogens (tertiary/aromatic N) is 1. The van der Waals surface area contributed by atoms with Gasteiger partial charge in [-0.05, 0) is 6.42 Å². The highest BCUT2D eigenvalue weighted by atomic mass is 127. The second-order valence-electron chi connectivity index (χ2n) is 3.30. The predicted octanol–water partition coefficient (Wildman–Crippen LogP) is -4.34. The Morgan fingerprint density at radius 1 is 1.47 bits per heavy atom. The molecule has 15 heavy (non-hydrogen) atoms. The summed E-state index contributed by atoms with van der Waals surface area (Å²) in [4.78, 5) is 11.2. The van der Waals surface area contributed by atoms with E-state index in [0.29, 0.717) is 16.9 Å². The van der Waals surface area contributed by atoms with Crippen molar-refractivity contribution in [2.75, 3.05) is 27.2 Å². The third-order valence-electron chi connectivity index (χ3n) is 1.44. The van der Waals surface area contributed by atoms with E-state index in [4.69, 9.17) is 12.0 Å². The quantitative estimate of drug-likeness (QED) is 0.308. The number of carbonyl (C=O) groups excluding carboxylic acids is 1. The molecule has 0 fully saturated rings. The van der Waals surface area contributed by atoms with Crippen LogP contribution in [0.2, 0.25) is 0 Å². The summed E-state index contributed by atoms with van der Waals surface area (Å²) >= 11 is -0.620. The average molecular weight is 351 g/mol. The van der Waals surface area contributed by atoms with Crippen LogP contribution < -0.4 is 28.9 Å². The zero-order valence-electron chi connectivity index (χ0n) is 9.23. The van der Waals surface area contributed by atoms with E-state index in [1.807, 2.05) is 21.0 Å². The van der Waals surface area contributed by atoms with Crippen LogP contribution in [0.4, 0.5) is 0 Å². The van der Waals surface area contributed by atoms with Crippen molar-refractivity contribution in [2.24, 2.45) is 0 Å². The highest BCUT2D eigenvalue weighted by molar-refractivity contribution is 8.08. The van der Waals surface area contributed by atoms with Gasteiger partial charge in [0, 0.05) is 6.42 Å². The minimum atomic E-state index is -1.91. The molecule has 0 atom stereocenters. The predicted molar refractivity (Wildman–Crippen MR) is 51.6 cm³/mol. The smallest absolute Gasteiger partial charge is 0.246 e. The van der Waals surface area contributed by atoms with Gasteiger partial charge in [-0.25, -0.2) is 0 Å². The highest BCUT2D eigenvalue weighted by Gasteiger charge is 2.21. The average Bonchev–Trinajstić information content (AvgIpc) is 2.03. The number of carbonyl (C=O) groups is 1. The summed E-state index contributed by atoms with van der Waals surface area (Å²) in [6.07, 6.45) is 1.52. The van der Waals surface area contributed by atoms with Crippen molar-refractivity contribution in [1.29, 1.82) is 0 Å². The van der Waals surface area contributed by atoms with Gasteiger partial charge in [-0.1, -0.05) is 6.92 Å². The number of halogens is 1. The molecule has 0 saturated carbocycles. The van der Waals surface area contributed by atoms with E-state index >= 15 is 0 Å². The summed E-state index contributed by atoms with van der Waals surface area (Å²) in [6.45, 7) is 2.73. The van der Waals surface area contributed by atoms with Crippen LogP contribution in [0, 0.1) is 0 Å². The van der Waals surface area contributed by atoms with Crippen molar-refractivity contribution in [1.82, 2.24) is 0 Å². The molecule has 1 N–H and O–H groups in total. The Labute approximate surface area is 107 Å². The van der Waals surface area contributed by atoms with Gasteiger partial charge in [-0.2, -0.15) is 0 Å². The summed E-state index contributed by atoms with van der Waals surface area (Å²) in [7, 11) is 3.85. The van der Waals surface area contributed by atoms with E-state index in [-0.39, 0.29) is 11.7 Å². The van der Waals surface area contributed by atoms with Gasteiger partial charge in [0.05, 0.1) is 20.7 Å². The summed E-state index contributed by atoms with van der Waals surface area (Å²) in [5, 5.41) is 8.91. The molecule has 0 heterocycles. The molecule has 0 aliphatic heterocycles. The molecule has 0 aliphatic rings. The summed E-state index contributed by atoms with van der Waals surface area (Å²) in [5.74, 6) is 0. The van der Waals surface area contributed by atoms with Crippen LogP contribution in [0.1, 0.15) is 19.8 Å². The first-order valence-corrected chi connectivity index (χ1v) is 7.02. The van der Waals surface area contributed by atoms with Gasteiger partial charge in [-0.3, -0.25) is 8.68 Å². The monoisotopic (exact) mass is 351 g/mol. The second kappa shape index (κ2) is 11.1. The van der Waals surface area contributed by atoms with Crippen LogP contribution in [0.25, 0.3) is 0 Å². The van der Waals surface area contributed by atoms with Crippen molar-refractivity contribution >= 4 is 17.1 Å². The normalized spacial score (nSPS) is 10.5. The molecule has 0 spiro atoms. The highest BCUT2D eigenvalue weighted by Crippen LogP contribution is 2.18. The van der Waals surface area contributed by atoms with Gasteiger partial charge in [0.2, 0.25) is 5.12 Å². The molecule has 0 aromatic rings. The Hall–Kier alpha value is 0.590. The third kappa shape index (κ3) is 14.6. The molecule has 0 aliphatic carbocycles. The molecule has 0 unspecified atom stereocenters. The molecule has 0 saturated heterocycles. The molecule has 0 radical (unpaired) electrons. The first-order chi connectivity index (χ1) is 6.93. The second-order valence-corrected chi connectivity index (χ2v) is 5.28. The van der Waals surface area contributed by atoms with Gasteiger partial charge in [0.25, 0.3) is 0 Å². The van der Waals surface area contributed by atoms with Crippen molar-refractivity contribution in [3.63, 3.8) is 0 Å². The minimum Gasteiger partial charge on any atom is -0.599 e. The molecule has 7 heteroatoms. The fourth-order valence-corrected chi connectivity index (χ4v) is 1.83. The molecule has 0 aromatic carbocycles. The van der Waals surface area contributed by atoms with E-state index in [2.05, 4.69) is 0 Å². The molecular formula is C8H18INO4S. The number of rotatable bonds is 5. The molecule has 92 valence electrons. The van der Waals surface area contributed by atoms with E-state index in [1.54, 1.807) is 0 Å². The van der Waals surface area contributed by atoms with E-state index in [1.165, 1.54) is 11.9 Å². The van der Waals surface area contributed by atoms with Crippen LogP contribution >= 0.6 is 11.9 Å². The standard InChI is InChI=1S/C8H18NO2S.IO2/c1-4-5-8(11)12-9(2,3)6-7-10;2-1-3/h10H,4-7H2,1-3H3;/q+1;-1. The van der Waals surface area contributed by atoms with Crippen LogP contribution in [-0.4, -0.2) is 41.4 Å². The number of hydrogen-bond acceptors (Lipinski definition) is 5. The van der Waals surface area contributed by atoms with Crippen molar-refractivity contribution in [3.05, 3.63) is 0 Å². The lowest BCUT2D eigenvalue weighted by molar-refractivity contribution is -1.41. The zero-order chi connectivity index (χ0) is 12.3. The molecule has 0 aromatic heterocycles. The number of hydrogen-bond donors (Lipinski definition) is 1. The molecule has 0 rings (SSSR count). The Kier molecular flexibility index (Phi) is 13.3. The van der Waals surface area contributed by atoms with Gasteiger partial charge in [-0.15, -0.1) is 0 Å². The van der Waals surface area contributed by atoms with Crippen LogP contribution in [-0.2, 0) is 4.79 Å². The SMILES string of the molecule is CCCC(=O)S[N+](C)(C)CCO.[O-][I+][O-]. The first-order valence-electron chi connectivity index (χ1n) is 4.49. The lowest BCUT2D eigenvalue weighted by Gasteiger charge is -2.24. The summed E-state index contributed by atoms with van der Waals surface area (Å²) < 4.78 is 17.5. The van der Waals surface area contributed by atoms with Gasteiger partial charge < -0.3 is 12.0 Å². The van der Waals surface area contributed by atoms with E-state index in [9.17, 15) is 4.79 Å². The van der Waals surface area contributed by atoms with Gasteiger partial charge >= 0.3 is 0 Å². The summed E-state index contributed by atoms with van der Waals surface area (Å²) in [5.41, 5.74) is 0. The molecule has 0 amide bonds. The largest absolute Gasteiger partial charge is 0.599 e.